The first-order chi connectivity index (χ1) is 9.67. The molecule has 0 saturated heterocycles. The number of carbonyl (C=O) groups excluding carboxylic acids is 1. The maximum absolute atomic E-state index is 12.3. The molecule has 21 heavy (non-hydrogen) atoms. The van der Waals surface area contributed by atoms with Gasteiger partial charge < -0.3 is 10.6 Å². The number of amides is 1. The normalized spacial score (nSPS) is 13.0. The van der Waals surface area contributed by atoms with Crippen LogP contribution in [0.2, 0.25) is 0 Å². The van der Waals surface area contributed by atoms with Crippen LogP contribution in [0.5, 0.6) is 0 Å². The van der Waals surface area contributed by atoms with Crippen molar-refractivity contribution in [1.82, 2.24) is 10.0 Å². The first-order valence-corrected chi connectivity index (χ1v) is 8.69. The number of benzene rings is 1. The summed E-state index contributed by atoms with van der Waals surface area (Å²) in [6.45, 7) is 5.26. The van der Waals surface area contributed by atoms with Crippen molar-refractivity contribution in [1.29, 1.82) is 0 Å². The van der Waals surface area contributed by atoms with E-state index in [-0.39, 0.29) is 16.8 Å². The molecule has 1 rings (SSSR count). The van der Waals surface area contributed by atoms with E-state index in [9.17, 15) is 13.2 Å². The molecule has 0 heterocycles. The number of sulfonamides is 1. The van der Waals surface area contributed by atoms with Gasteiger partial charge in [0.1, 0.15) is 0 Å². The molecule has 1 aromatic rings. The van der Waals surface area contributed by atoms with E-state index >= 15 is 0 Å². The molecule has 6 nitrogen and oxygen atoms in total. The van der Waals surface area contributed by atoms with Gasteiger partial charge in [-0.2, -0.15) is 0 Å². The Labute approximate surface area is 133 Å². The van der Waals surface area contributed by atoms with Crippen LogP contribution >= 0.6 is 15.9 Å². The van der Waals surface area contributed by atoms with Crippen LogP contribution in [0.3, 0.4) is 0 Å². The van der Waals surface area contributed by atoms with Crippen molar-refractivity contribution < 1.29 is 13.2 Å². The summed E-state index contributed by atoms with van der Waals surface area (Å²) in [5.74, 6) is -0.216. The SMILES string of the molecule is CNC(C)CNS(=O)(=O)c1cc(Br)c(NC(C)=O)cc1C. The lowest BCUT2D eigenvalue weighted by atomic mass is 10.2. The van der Waals surface area contributed by atoms with Crippen molar-refractivity contribution >= 4 is 37.5 Å². The molecule has 3 N–H and O–H groups in total. The van der Waals surface area contributed by atoms with Gasteiger partial charge in [-0.05, 0) is 54.5 Å². The lowest BCUT2D eigenvalue weighted by Gasteiger charge is -2.15. The zero-order chi connectivity index (χ0) is 16.2. The molecular weight excluding hydrogens is 358 g/mol. The van der Waals surface area contributed by atoms with Gasteiger partial charge in [-0.1, -0.05) is 0 Å². The van der Waals surface area contributed by atoms with Crippen molar-refractivity contribution in [3.63, 3.8) is 0 Å². The molecule has 1 amide bonds. The zero-order valence-electron chi connectivity index (χ0n) is 12.5. The molecule has 0 aliphatic carbocycles. The third kappa shape index (κ3) is 5.06. The van der Waals surface area contributed by atoms with Crippen molar-refractivity contribution in [2.75, 3.05) is 18.9 Å². The Kier molecular flexibility index (Phi) is 6.33. The molecule has 0 fully saturated rings. The first kappa shape index (κ1) is 18.1. The van der Waals surface area contributed by atoms with E-state index in [1.165, 1.54) is 13.0 Å². The average Bonchev–Trinajstić information content (AvgIpc) is 2.39. The van der Waals surface area contributed by atoms with Crippen LogP contribution in [-0.2, 0) is 14.8 Å². The number of likely N-dealkylation sites (N-methyl/N-ethyl adjacent to an activating group) is 1. The molecule has 0 aromatic heterocycles. The van der Waals surface area contributed by atoms with Gasteiger partial charge in [-0.3, -0.25) is 4.79 Å². The van der Waals surface area contributed by atoms with Crippen LogP contribution < -0.4 is 15.4 Å². The van der Waals surface area contributed by atoms with Gasteiger partial charge in [0.15, 0.2) is 0 Å². The number of halogens is 1. The van der Waals surface area contributed by atoms with Gasteiger partial charge in [0.25, 0.3) is 0 Å². The molecule has 0 saturated carbocycles. The minimum absolute atomic E-state index is 0.0298. The predicted octanol–water partition coefficient (Wildman–Crippen LogP) is 1.60. The van der Waals surface area contributed by atoms with Crippen LogP contribution in [0.4, 0.5) is 5.69 Å². The second-order valence-electron chi connectivity index (χ2n) is 4.82. The Hall–Kier alpha value is -0.960. The lowest BCUT2D eigenvalue weighted by Crippen LogP contribution is -2.37. The van der Waals surface area contributed by atoms with Crippen molar-refractivity contribution in [2.45, 2.75) is 31.7 Å². The van der Waals surface area contributed by atoms with Gasteiger partial charge >= 0.3 is 0 Å². The van der Waals surface area contributed by atoms with Crippen LogP contribution in [0.25, 0.3) is 0 Å². The molecule has 1 aromatic carbocycles. The number of nitrogens with one attached hydrogen (secondary N) is 3. The Morgan fingerprint density at radius 2 is 2.00 bits per heavy atom. The summed E-state index contributed by atoms with van der Waals surface area (Å²) < 4.78 is 27.7. The molecule has 0 aliphatic heterocycles. The second kappa shape index (κ2) is 7.35. The summed E-state index contributed by atoms with van der Waals surface area (Å²) in [7, 11) is -1.83. The molecule has 0 spiro atoms. The highest BCUT2D eigenvalue weighted by Gasteiger charge is 2.19. The minimum Gasteiger partial charge on any atom is -0.325 e. The first-order valence-electron chi connectivity index (χ1n) is 6.42. The van der Waals surface area contributed by atoms with E-state index in [0.29, 0.717) is 22.3 Å². The van der Waals surface area contributed by atoms with Gasteiger partial charge in [-0.15, -0.1) is 0 Å². The Balaban J connectivity index is 3.08. The van der Waals surface area contributed by atoms with Crippen LogP contribution in [-0.4, -0.2) is 34.0 Å². The van der Waals surface area contributed by atoms with E-state index < -0.39 is 10.0 Å². The molecule has 1 unspecified atom stereocenters. The Morgan fingerprint density at radius 1 is 1.38 bits per heavy atom. The van der Waals surface area contributed by atoms with E-state index in [1.54, 1.807) is 20.0 Å². The zero-order valence-corrected chi connectivity index (χ0v) is 14.9. The lowest BCUT2D eigenvalue weighted by molar-refractivity contribution is -0.114. The summed E-state index contributed by atoms with van der Waals surface area (Å²) >= 11 is 3.28. The molecule has 0 aliphatic rings. The highest BCUT2D eigenvalue weighted by molar-refractivity contribution is 9.10. The van der Waals surface area contributed by atoms with E-state index in [2.05, 4.69) is 31.3 Å². The second-order valence-corrected chi connectivity index (χ2v) is 7.41. The van der Waals surface area contributed by atoms with Gasteiger partial charge in [0.05, 0.1) is 10.6 Å². The standard InChI is InChI=1S/C13H20BrN3O3S/c1-8-5-12(17-10(3)18)11(14)6-13(8)21(19,20)16-7-9(2)15-4/h5-6,9,15-16H,7H2,1-4H3,(H,17,18). The van der Waals surface area contributed by atoms with Gasteiger partial charge in [0, 0.05) is 24.0 Å². The summed E-state index contributed by atoms with van der Waals surface area (Å²) in [6.07, 6.45) is 0. The van der Waals surface area contributed by atoms with E-state index in [0.717, 1.165) is 0 Å². The largest absolute Gasteiger partial charge is 0.325 e. The third-order valence-corrected chi connectivity index (χ3v) is 5.16. The quantitative estimate of drug-likeness (QED) is 0.702. The van der Waals surface area contributed by atoms with E-state index in [4.69, 9.17) is 0 Å². The summed E-state index contributed by atoms with van der Waals surface area (Å²) in [4.78, 5) is 11.3. The van der Waals surface area contributed by atoms with E-state index in [1.807, 2.05) is 6.92 Å². The monoisotopic (exact) mass is 377 g/mol. The summed E-state index contributed by atoms with van der Waals surface area (Å²) in [5, 5.41) is 5.60. The van der Waals surface area contributed by atoms with Crippen LogP contribution in [0.15, 0.2) is 21.5 Å². The molecular formula is C13H20BrN3O3S. The summed E-state index contributed by atoms with van der Waals surface area (Å²) in [6, 6.07) is 3.15. The highest BCUT2D eigenvalue weighted by Crippen LogP contribution is 2.28. The fraction of sp³-hybridized carbons (Fsp3) is 0.462. The smallest absolute Gasteiger partial charge is 0.240 e. The topological polar surface area (TPSA) is 87.3 Å². The van der Waals surface area contributed by atoms with Crippen LogP contribution in [0, 0.1) is 6.92 Å². The minimum atomic E-state index is -3.60. The number of hydrogen-bond donors (Lipinski definition) is 3. The molecule has 1 atom stereocenters. The van der Waals surface area contributed by atoms with Crippen molar-refractivity contribution in [3.05, 3.63) is 22.2 Å². The fourth-order valence-electron chi connectivity index (χ4n) is 1.65. The Bertz CT molecular complexity index is 632. The average molecular weight is 378 g/mol. The predicted molar refractivity (Wildman–Crippen MR) is 86.9 cm³/mol. The molecule has 0 radical (unpaired) electrons. The van der Waals surface area contributed by atoms with Gasteiger partial charge in [-0.25, -0.2) is 13.1 Å². The van der Waals surface area contributed by atoms with Gasteiger partial charge in [0.2, 0.25) is 15.9 Å². The molecule has 0 bridgehead atoms. The van der Waals surface area contributed by atoms with Crippen LogP contribution in [0.1, 0.15) is 19.4 Å². The number of rotatable bonds is 6. The molecule has 118 valence electrons. The van der Waals surface area contributed by atoms with Crippen molar-refractivity contribution in [2.24, 2.45) is 0 Å². The Morgan fingerprint density at radius 3 is 2.52 bits per heavy atom. The highest BCUT2D eigenvalue weighted by atomic mass is 79.9. The number of hydrogen-bond acceptors (Lipinski definition) is 4. The number of carbonyl (C=O) groups is 1. The number of aryl methyl sites for hydroxylation is 1. The number of anilines is 1. The molecule has 8 heteroatoms. The summed E-state index contributed by atoms with van der Waals surface area (Å²) in [5.41, 5.74) is 1.11. The third-order valence-electron chi connectivity index (χ3n) is 2.94. The maximum Gasteiger partial charge on any atom is 0.240 e. The van der Waals surface area contributed by atoms with Crippen molar-refractivity contribution in [3.8, 4) is 0 Å². The fourth-order valence-corrected chi connectivity index (χ4v) is 3.63. The maximum atomic E-state index is 12.3.